The molecule has 2 aliphatic heterocycles. The van der Waals surface area contributed by atoms with Gasteiger partial charge in [0, 0.05) is 45.8 Å². The van der Waals surface area contributed by atoms with Crippen LogP contribution in [0.25, 0.3) is 0 Å². The fourth-order valence-electron chi connectivity index (χ4n) is 3.75. The second-order valence-corrected chi connectivity index (χ2v) is 7.05. The highest BCUT2D eigenvalue weighted by atomic mass is 19.1. The number of hydrogen-bond acceptors (Lipinski definition) is 4. The Morgan fingerprint density at radius 3 is 2.30 bits per heavy atom. The molecular formula is C21H22FN3O2. The van der Waals surface area contributed by atoms with Crippen LogP contribution in [-0.4, -0.2) is 60.8 Å². The second-order valence-electron chi connectivity index (χ2n) is 7.05. The molecule has 140 valence electrons. The largest absolute Gasteiger partial charge is 0.303 e. The summed E-state index contributed by atoms with van der Waals surface area (Å²) in [5, 5.41) is 0. The number of nitrogens with zero attached hydrogens (tertiary/aromatic N) is 3. The van der Waals surface area contributed by atoms with Gasteiger partial charge in [-0.15, -0.1) is 0 Å². The Balaban J connectivity index is 1.31. The summed E-state index contributed by atoms with van der Waals surface area (Å²) in [6.45, 7) is 5.91. The highest BCUT2D eigenvalue weighted by Gasteiger charge is 2.36. The van der Waals surface area contributed by atoms with Crippen molar-refractivity contribution in [2.75, 3.05) is 44.2 Å². The molecule has 2 aliphatic rings. The standard InChI is InChI=1S/C21H22FN3O2/c22-17-6-7-19-18(14-17)20(26)21(27)25(19)13-12-23-8-10-24(11-9-23)15-16-4-2-1-3-5-16/h1-7,14H,8-13,15H2. The summed E-state index contributed by atoms with van der Waals surface area (Å²) in [5.41, 5.74) is 2.01. The predicted octanol–water partition coefficient (Wildman–Crippen LogP) is 2.17. The molecule has 4 rings (SSSR count). The molecule has 2 aromatic carbocycles. The van der Waals surface area contributed by atoms with Crippen LogP contribution in [0.1, 0.15) is 15.9 Å². The van der Waals surface area contributed by atoms with E-state index in [9.17, 15) is 14.0 Å². The van der Waals surface area contributed by atoms with Crippen LogP contribution in [0.3, 0.4) is 0 Å². The first kappa shape index (κ1) is 17.8. The second kappa shape index (κ2) is 7.58. The summed E-state index contributed by atoms with van der Waals surface area (Å²) in [5.74, 6) is -1.67. The van der Waals surface area contributed by atoms with Crippen LogP contribution in [-0.2, 0) is 11.3 Å². The van der Waals surface area contributed by atoms with Gasteiger partial charge in [0.2, 0.25) is 0 Å². The first-order chi connectivity index (χ1) is 13.1. The van der Waals surface area contributed by atoms with E-state index < -0.39 is 17.5 Å². The zero-order chi connectivity index (χ0) is 18.8. The molecule has 6 heteroatoms. The Bertz CT molecular complexity index is 848. The molecule has 0 aliphatic carbocycles. The van der Waals surface area contributed by atoms with Gasteiger partial charge in [0.1, 0.15) is 5.82 Å². The maximum absolute atomic E-state index is 13.4. The normalized spacial score (nSPS) is 18.2. The van der Waals surface area contributed by atoms with Crippen LogP contribution in [0.5, 0.6) is 0 Å². The van der Waals surface area contributed by atoms with E-state index in [0.717, 1.165) is 38.8 Å². The lowest BCUT2D eigenvalue weighted by atomic mass is 10.1. The molecule has 0 unspecified atom stereocenters. The van der Waals surface area contributed by atoms with Gasteiger partial charge >= 0.3 is 0 Å². The minimum absolute atomic E-state index is 0.174. The molecule has 2 heterocycles. The minimum atomic E-state index is -0.614. The number of fused-ring (bicyclic) bond motifs is 1. The Morgan fingerprint density at radius 2 is 1.56 bits per heavy atom. The van der Waals surface area contributed by atoms with E-state index in [0.29, 0.717) is 18.8 Å². The number of Topliss-reactive ketones (excluding diaryl/α,β-unsaturated/α-hetero) is 1. The first-order valence-corrected chi connectivity index (χ1v) is 9.26. The molecule has 0 bridgehead atoms. The lowest BCUT2D eigenvalue weighted by Crippen LogP contribution is -2.48. The van der Waals surface area contributed by atoms with Crippen molar-refractivity contribution in [3.63, 3.8) is 0 Å². The molecule has 0 radical (unpaired) electrons. The lowest BCUT2D eigenvalue weighted by molar-refractivity contribution is -0.114. The third-order valence-corrected chi connectivity index (χ3v) is 5.29. The number of rotatable bonds is 5. The van der Waals surface area contributed by atoms with E-state index in [1.807, 2.05) is 6.07 Å². The molecule has 0 N–H and O–H groups in total. The number of benzene rings is 2. The third kappa shape index (κ3) is 3.77. The topological polar surface area (TPSA) is 43.9 Å². The number of carbonyl (C=O) groups excluding carboxylic acids is 2. The molecule has 5 nitrogen and oxygen atoms in total. The number of anilines is 1. The molecule has 1 saturated heterocycles. The highest BCUT2D eigenvalue weighted by Crippen LogP contribution is 2.29. The molecule has 1 fully saturated rings. The molecular weight excluding hydrogens is 345 g/mol. The predicted molar refractivity (Wildman–Crippen MR) is 101 cm³/mol. The monoisotopic (exact) mass is 367 g/mol. The van der Waals surface area contributed by atoms with E-state index in [4.69, 9.17) is 0 Å². The number of piperazine rings is 1. The number of ketones is 1. The maximum atomic E-state index is 13.4. The van der Waals surface area contributed by atoms with Gasteiger partial charge in [0.15, 0.2) is 0 Å². The Morgan fingerprint density at radius 1 is 0.852 bits per heavy atom. The van der Waals surface area contributed by atoms with E-state index >= 15 is 0 Å². The summed E-state index contributed by atoms with van der Waals surface area (Å²) >= 11 is 0. The molecule has 2 aromatic rings. The summed E-state index contributed by atoms with van der Waals surface area (Å²) < 4.78 is 13.4. The fourth-order valence-corrected chi connectivity index (χ4v) is 3.75. The number of carbonyl (C=O) groups is 2. The molecule has 1 amide bonds. The molecule has 0 saturated carbocycles. The maximum Gasteiger partial charge on any atom is 0.299 e. The summed E-state index contributed by atoms with van der Waals surface area (Å²) in [7, 11) is 0. The van der Waals surface area contributed by atoms with Crippen molar-refractivity contribution in [3.05, 3.63) is 65.5 Å². The molecule has 0 aromatic heterocycles. The van der Waals surface area contributed by atoms with Crippen LogP contribution in [0.15, 0.2) is 48.5 Å². The average molecular weight is 367 g/mol. The van der Waals surface area contributed by atoms with Crippen LogP contribution < -0.4 is 4.90 Å². The van der Waals surface area contributed by atoms with E-state index in [2.05, 4.69) is 34.1 Å². The van der Waals surface area contributed by atoms with Gasteiger partial charge in [-0.05, 0) is 23.8 Å². The van der Waals surface area contributed by atoms with E-state index in [1.165, 1.54) is 22.6 Å². The van der Waals surface area contributed by atoms with E-state index in [1.54, 1.807) is 0 Å². The lowest BCUT2D eigenvalue weighted by Gasteiger charge is -2.35. The van der Waals surface area contributed by atoms with Crippen molar-refractivity contribution >= 4 is 17.4 Å². The highest BCUT2D eigenvalue weighted by molar-refractivity contribution is 6.52. The van der Waals surface area contributed by atoms with Crippen molar-refractivity contribution in [3.8, 4) is 0 Å². The Labute approximate surface area is 158 Å². The SMILES string of the molecule is O=C1C(=O)N(CCN2CCN(Cc3ccccc3)CC2)c2ccc(F)cc21. The summed E-state index contributed by atoms with van der Waals surface area (Å²) in [4.78, 5) is 30.5. The summed E-state index contributed by atoms with van der Waals surface area (Å²) in [6, 6.07) is 14.4. The number of amides is 1. The summed E-state index contributed by atoms with van der Waals surface area (Å²) in [6.07, 6.45) is 0. The van der Waals surface area contributed by atoms with Crippen molar-refractivity contribution < 1.29 is 14.0 Å². The zero-order valence-corrected chi connectivity index (χ0v) is 15.1. The van der Waals surface area contributed by atoms with Gasteiger partial charge < -0.3 is 4.90 Å². The smallest absolute Gasteiger partial charge is 0.299 e. The zero-order valence-electron chi connectivity index (χ0n) is 15.1. The van der Waals surface area contributed by atoms with Crippen molar-refractivity contribution in [1.29, 1.82) is 0 Å². The number of halogens is 1. The first-order valence-electron chi connectivity index (χ1n) is 9.26. The van der Waals surface area contributed by atoms with Gasteiger partial charge in [0.05, 0.1) is 11.3 Å². The Kier molecular flexibility index (Phi) is 5.01. The van der Waals surface area contributed by atoms with Gasteiger partial charge in [0.25, 0.3) is 11.7 Å². The van der Waals surface area contributed by atoms with Gasteiger partial charge in [-0.3, -0.25) is 19.4 Å². The van der Waals surface area contributed by atoms with Crippen molar-refractivity contribution in [2.45, 2.75) is 6.54 Å². The molecule has 0 atom stereocenters. The van der Waals surface area contributed by atoms with Crippen molar-refractivity contribution in [2.24, 2.45) is 0 Å². The van der Waals surface area contributed by atoms with Gasteiger partial charge in [-0.25, -0.2) is 4.39 Å². The Hall–Kier alpha value is -2.57. The van der Waals surface area contributed by atoms with E-state index in [-0.39, 0.29) is 5.56 Å². The molecule has 0 spiro atoms. The average Bonchev–Trinajstić information content (AvgIpc) is 2.92. The van der Waals surface area contributed by atoms with Crippen LogP contribution >= 0.6 is 0 Å². The van der Waals surface area contributed by atoms with Gasteiger partial charge in [-0.1, -0.05) is 30.3 Å². The minimum Gasteiger partial charge on any atom is -0.303 e. The number of hydrogen-bond donors (Lipinski definition) is 0. The third-order valence-electron chi connectivity index (χ3n) is 5.29. The van der Waals surface area contributed by atoms with Crippen LogP contribution in [0.2, 0.25) is 0 Å². The quantitative estimate of drug-likeness (QED) is 0.760. The van der Waals surface area contributed by atoms with Gasteiger partial charge in [-0.2, -0.15) is 0 Å². The van der Waals surface area contributed by atoms with Crippen molar-refractivity contribution in [1.82, 2.24) is 9.80 Å². The van der Waals surface area contributed by atoms with Crippen LogP contribution in [0.4, 0.5) is 10.1 Å². The van der Waals surface area contributed by atoms with Crippen LogP contribution in [0, 0.1) is 5.82 Å². The molecule has 27 heavy (non-hydrogen) atoms. The fraction of sp³-hybridized carbons (Fsp3) is 0.333.